The lowest BCUT2D eigenvalue weighted by Gasteiger charge is -2.10. The van der Waals surface area contributed by atoms with E-state index in [4.69, 9.17) is 0 Å². The van der Waals surface area contributed by atoms with Crippen molar-refractivity contribution in [3.8, 4) is 0 Å². The summed E-state index contributed by atoms with van der Waals surface area (Å²) in [5.41, 5.74) is 1.93. The summed E-state index contributed by atoms with van der Waals surface area (Å²) in [6.45, 7) is 0. The van der Waals surface area contributed by atoms with E-state index in [1.54, 1.807) is 36.4 Å². The first-order chi connectivity index (χ1) is 10.8. The van der Waals surface area contributed by atoms with Crippen LogP contribution in [-0.2, 0) is 26.8 Å². The van der Waals surface area contributed by atoms with Crippen molar-refractivity contribution in [2.75, 3.05) is 11.6 Å². The van der Waals surface area contributed by atoms with Crippen LogP contribution >= 0.6 is 0 Å². The summed E-state index contributed by atoms with van der Waals surface area (Å²) < 4.78 is 35.7. The molecule has 2 rings (SSSR count). The molecule has 1 amide bonds. The fourth-order valence-electron chi connectivity index (χ4n) is 2.17. The highest BCUT2D eigenvalue weighted by atomic mass is 32.2. The van der Waals surface area contributed by atoms with E-state index < -0.39 is 9.84 Å². The second kappa shape index (κ2) is 7.37. The highest BCUT2D eigenvalue weighted by Gasteiger charge is 2.11. The SMILES string of the molecule is CS(=O)(=O)Cc1ccccc1NC(=O)CCc1ccc(F)cc1. The lowest BCUT2D eigenvalue weighted by Crippen LogP contribution is -2.14. The summed E-state index contributed by atoms with van der Waals surface area (Å²) in [5, 5.41) is 2.74. The quantitative estimate of drug-likeness (QED) is 0.883. The number of carbonyl (C=O) groups is 1. The first-order valence-corrected chi connectivity index (χ1v) is 9.19. The van der Waals surface area contributed by atoms with Gasteiger partial charge in [-0.1, -0.05) is 30.3 Å². The molecule has 23 heavy (non-hydrogen) atoms. The number of aryl methyl sites for hydroxylation is 1. The third-order valence-corrected chi connectivity index (χ3v) is 4.10. The Kier molecular flexibility index (Phi) is 5.50. The fourth-order valence-corrected chi connectivity index (χ4v) is 2.99. The molecule has 0 aliphatic rings. The van der Waals surface area contributed by atoms with Gasteiger partial charge < -0.3 is 5.32 Å². The fraction of sp³-hybridized carbons (Fsp3) is 0.235. The molecule has 2 aromatic carbocycles. The monoisotopic (exact) mass is 335 g/mol. The van der Waals surface area contributed by atoms with Crippen molar-refractivity contribution in [2.45, 2.75) is 18.6 Å². The van der Waals surface area contributed by atoms with Crippen LogP contribution in [-0.4, -0.2) is 20.6 Å². The van der Waals surface area contributed by atoms with E-state index in [0.29, 0.717) is 17.7 Å². The summed E-state index contributed by atoms with van der Waals surface area (Å²) in [4.78, 5) is 12.0. The molecule has 0 bridgehead atoms. The van der Waals surface area contributed by atoms with Gasteiger partial charge in [-0.2, -0.15) is 0 Å². The van der Waals surface area contributed by atoms with Crippen LogP contribution in [0.1, 0.15) is 17.5 Å². The lowest BCUT2D eigenvalue weighted by atomic mass is 10.1. The van der Waals surface area contributed by atoms with Crippen LogP contribution in [0.3, 0.4) is 0 Å². The van der Waals surface area contributed by atoms with Crippen molar-refractivity contribution in [1.29, 1.82) is 0 Å². The van der Waals surface area contributed by atoms with Crippen LogP contribution < -0.4 is 5.32 Å². The molecule has 0 aliphatic heterocycles. The summed E-state index contributed by atoms with van der Waals surface area (Å²) in [6.07, 6.45) is 1.87. The third kappa shape index (κ3) is 5.83. The summed E-state index contributed by atoms with van der Waals surface area (Å²) in [6, 6.07) is 12.8. The maximum absolute atomic E-state index is 12.8. The number of halogens is 1. The smallest absolute Gasteiger partial charge is 0.224 e. The predicted octanol–water partition coefficient (Wildman–Crippen LogP) is 2.94. The number of carbonyl (C=O) groups excluding carboxylic acids is 1. The molecule has 0 atom stereocenters. The largest absolute Gasteiger partial charge is 0.326 e. The molecule has 0 heterocycles. The van der Waals surface area contributed by atoms with Crippen LogP contribution in [0.5, 0.6) is 0 Å². The van der Waals surface area contributed by atoms with Gasteiger partial charge in [0.15, 0.2) is 9.84 Å². The zero-order valence-corrected chi connectivity index (χ0v) is 13.6. The Balaban J connectivity index is 1.99. The molecule has 0 aliphatic carbocycles. The molecule has 0 saturated carbocycles. The number of hydrogen-bond acceptors (Lipinski definition) is 3. The van der Waals surface area contributed by atoms with Gasteiger partial charge in [-0.25, -0.2) is 12.8 Å². The molecule has 0 spiro atoms. The van der Waals surface area contributed by atoms with Crippen molar-refractivity contribution in [3.63, 3.8) is 0 Å². The van der Waals surface area contributed by atoms with Gasteiger partial charge in [-0.15, -0.1) is 0 Å². The molecule has 6 heteroatoms. The van der Waals surface area contributed by atoms with Gasteiger partial charge in [0.2, 0.25) is 5.91 Å². The second-order valence-corrected chi connectivity index (χ2v) is 7.54. The summed E-state index contributed by atoms with van der Waals surface area (Å²) >= 11 is 0. The van der Waals surface area contributed by atoms with Crippen molar-refractivity contribution >= 4 is 21.4 Å². The molecule has 0 fully saturated rings. The van der Waals surface area contributed by atoms with E-state index in [1.165, 1.54) is 12.1 Å². The Morgan fingerprint density at radius 2 is 1.74 bits per heavy atom. The van der Waals surface area contributed by atoms with E-state index >= 15 is 0 Å². The molecule has 0 aromatic heterocycles. The molecule has 0 radical (unpaired) electrons. The molecular formula is C17H18FNO3S. The van der Waals surface area contributed by atoms with Gasteiger partial charge in [0.05, 0.1) is 5.75 Å². The number of anilines is 1. The van der Waals surface area contributed by atoms with Crippen LogP contribution in [0, 0.1) is 5.82 Å². The number of sulfone groups is 1. The van der Waals surface area contributed by atoms with Gasteiger partial charge in [0.25, 0.3) is 0 Å². The molecule has 4 nitrogen and oxygen atoms in total. The number of benzene rings is 2. The minimum absolute atomic E-state index is 0.124. The van der Waals surface area contributed by atoms with Crippen LogP contribution in [0.15, 0.2) is 48.5 Å². The highest BCUT2D eigenvalue weighted by Crippen LogP contribution is 2.18. The number of hydrogen-bond donors (Lipinski definition) is 1. The molecule has 0 unspecified atom stereocenters. The topological polar surface area (TPSA) is 63.2 Å². The minimum Gasteiger partial charge on any atom is -0.326 e. The van der Waals surface area contributed by atoms with E-state index in [1.807, 2.05) is 0 Å². The third-order valence-electron chi connectivity index (χ3n) is 3.26. The van der Waals surface area contributed by atoms with Gasteiger partial charge in [-0.05, 0) is 35.7 Å². The van der Waals surface area contributed by atoms with Gasteiger partial charge >= 0.3 is 0 Å². The predicted molar refractivity (Wildman–Crippen MR) is 88.3 cm³/mol. The zero-order chi connectivity index (χ0) is 16.9. The van der Waals surface area contributed by atoms with Crippen molar-refractivity contribution < 1.29 is 17.6 Å². The lowest BCUT2D eigenvalue weighted by molar-refractivity contribution is -0.116. The highest BCUT2D eigenvalue weighted by molar-refractivity contribution is 7.89. The van der Waals surface area contributed by atoms with E-state index in [2.05, 4.69) is 5.32 Å². The van der Waals surface area contributed by atoms with E-state index in [9.17, 15) is 17.6 Å². The standard InChI is InChI=1S/C17H18FNO3S/c1-23(21,22)12-14-4-2-3-5-16(14)19-17(20)11-8-13-6-9-15(18)10-7-13/h2-7,9-10H,8,11-12H2,1H3,(H,19,20). The average molecular weight is 335 g/mol. The van der Waals surface area contributed by atoms with Crippen molar-refractivity contribution in [3.05, 3.63) is 65.5 Å². The van der Waals surface area contributed by atoms with Crippen LogP contribution in [0.25, 0.3) is 0 Å². The Morgan fingerprint density at radius 3 is 2.39 bits per heavy atom. The number of para-hydroxylation sites is 1. The van der Waals surface area contributed by atoms with E-state index in [0.717, 1.165) is 11.8 Å². The van der Waals surface area contributed by atoms with E-state index in [-0.39, 0.29) is 23.9 Å². The zero-order valence-electron chi connectivity index (χ0n) is 12.8. The van der Waals surface area contributed by atoms with Crippen LogP contribution in [0.2, 0.25) is 0 Å². The van der Waals surface area contributed by atoms with Gasteiger partial charge in [0, 0.05) is 18.4 Å². The first kappa shape index (κ1) is 17.1. The van der Waals surface area contributed by atoms with Gasteiger partial charge in [-0.3, -0.25) is 4.79 Å². The Labute approximate surface area is 135 Å². The summed E-state index contributed by atoms with van der Waals surface area (Å²) in [5.74, 6) is -0.648. The Bertz CT molecular complexity index is 786. The van der Waals surface area contributed by atoms with Crippen molar-refractivity contribution in [1.82, 2.24) is 0 Å². The number of nitrogens with one attached hydrogen (secondary N) is 1. The minimum atomic E-state index is -3.18. The molecule has 0 saturated heterocycles. The average Bonchev–Trinajstić information content (AvgIpc) is 2.47. The number of rotatable bonds is 6. The molecular weight excluding hydrogens is 317 g/mol. The molecule has 1 N–H and O–H groups in total. The normalized spacial score (nSPS) is 11.2. The van der Waals surface area contributed by atoms with Crippen molar-refractivity contribution in [2.24, 2.45) is 0 Å². The molecule has 2 aromatic rings. The Morgan fingerprint density at radius 1 is 1.09 bits per heavy atom. The molecule has 122 valence electrons. The Hall–Kier alpha value is -2.21. The second-order valence-electron chi connectivity index (χ2n) is 5.40. The first-order valence-electron chi connectivity index (χ1n) is 7.13. The maximum atomic E-state index is 12.8. The van der Waals surface area contributed by atoms with Gasteiger partial charge in [0.1, 0.15) is 5.82 Å². The maximum Gasteiger partial charge on any atom is 0.224 e. The van der Waals surface area contributed by atoms with Crippen LogP contribution in [0.4, 0.5) is 10.1 Å². The summed E-state index contributed by atoms with van der Waals surface area (Å²) in [7, 11) is -3.18. The number of amides is 1.